The number of carbonyl (C=O) groups is 1. The SMILES string of the molecule is CCc1ccc(O)c(NC(=O)C2(CN)CCCCCC2)c1. The van der Waals surface area contributed by atoms with Crippen LogP contribution in [0.5, 0.6) is 5.75 Å². The first kappa shape index (κ1) is 15.8. The van der Waals surface area contributed by atoms with Crippen molar-refractivity contribution in [2.75, 3.05) is 11.9 Å². The lowest BCUT2D eigenvalue weighted by Gasteiger charge is -2.30. The highest BCUT2D eigenvalue weighted by Gasteiger charge is 2.37. The number of rotatable bonds is 4. The summed E-state index contributed by atoms with van der Waals surface area (Å²) in [5.74, 6) is 0.0665. The highest BCUT2D eigenvalue weighted by Crippen LogP contribution is 2.36. The maximum Gasteiger partial charge on any atom is 0.231 e. The fourth-order valence-electron chi connectivity index (χ4n) is 3.09. The lowest BCUT2D eigenvalue weighted by atomic mass is 9.79. The number of carbonyl (C=O) groups excluding carboxylic acids is 1. The number of aryl methyl sites for hydroxylation is 1. The highest BCUT2D eigenvalue weighted by atomic mass is 16.3. The Kier molecular flexibility index (Phi) is 5.23. The summed E-state index contributed by atoms with van der Waals surface area (Å²) in [6, 6.07) is 5.35. The Labute approximate surface area is 126 Å². The van der Waals surface area contributed by atoms with Crippen molar-refractivity contribution in [2.45, 2.75) is 51.9 Å². The molecule has 0 saturated heterocycles. The number of hydrogen-bond acceptors (Lipinski definition) is 3. The van der Waals surface area contributed by atoms with Gasteiger partial charge in [0.15, 0.2) is 0 Å². The van der Waals surface area contributed by atoms with E-state index in [0.29, 0.717) is 12.2 Å². The van der Waals surface area contributed by atoms with Gasteiger partial charge in [-0.1, -0.05) is 38.7 Å². The van der Waals surface area contributed by atoms with E-state index in [1.807, 2.05) is 19.1 Å². The summed E-state index contributed by atoms with van der Waals surface area (Å²) >= 11 is 0. The zero-order valence-corrected chi connectivity index (χ0v) is 12.8. The topological polar surface area (TPSA) is 75.3 Å². The third-order valence-corrected chi connectivity index (χ3v) is 4.65. The van der Waals surface area contributed by atoms with E-state index in [-0.39, 0.29) is 11.7 Å². The third-order valence-electron chi connectivity index (χ3n) is 4.65. The highest BCUT2D eigenvalue weighted by molar-refractivity contribution is 5.96. The predicted molar refractivity (Wildman–Crippen MR) is 85.3 cm³/mol. The first-order valence-electron chi connectivity index (χ1n) is 7.95. The molecular weight excluding hydrogens is 264 g/mol. The molecule has 116 valence electrons. The second-order valence-electron chi connectivity index (χ2n) is 6.06. The first-order chi connectivity index (χ1) is 10.1. The van der Waals surface area contributed by atoms with E-state index in [1.54, 1.807) is 6.07 Å². The minimum atomic E-state index is -0.481. The molecule has 4 nitrogen and oxygen atoms in total. The summed E-state index contributed by atoms with van der Waals surface area (Å²) in [5, 5.41) is 12.8. The van der Waals surface area contributed by atoms with E-state index in [0.717, 1.165) is 37.7 Å². The molecule has 1 amide bonds. The average Bonchev–Trinajstić information content (AvgIpc) is 2.76. The Hall–Kier alpha value is -1.55. The quantitative estimate of drug-likeness (QED) is 0.589. The Morgan fingerprint density at radius 1 is 1.29 bits per heavy atom. The molecule has 0 aromatic heterocycles. The van der Waals surface area contributed by atoms with Gasteiger partial charge in [-0.25, -0.2) is 0 Å². The van der Waals surface area contributed by atoms with Crippen molar-refractivity contribution in [3.8, 4) is 5.75 Å². The van der Waals surface area contributed by atoms with E-state index in [4.69, 9.17) is 5.73 Å². The Morgan fingerprint density at radius 2 is 1.95 bits per heavy atom. The zero-order chi connectivity index (χ0) is 15.3. The van der Waals surface area contributed by atoms with Crippen LogP contribution in [0.3, 0.4) is 0 Å². The van der Waals surface area contributed by atoms with Gasteiger partial charge >= 0.3 is 0 Å². The van der Waals surface area contributed by atoms with Crippen molar-refractivity contribution in [2.24, 2.45) is 11.1 Å². The molecule has 0 heterocycles. The van der Waals surface area contributed by atoms with Crippen LogP contribution < -0.4 is 11.1 Å². The number of amides is 1. The number of benzene rings is 1. The minimum absolute atomic E-state index is 0.0459. The molecule has 1 aliphatic rings. The lowest BCUT2D eigenvalue weighted by Crippen LogP contribution is -2.42. The van der Waals surface area contributed by atoms with Crippen molar-refractivity contribution >= 4 is 11.6 Å². The normalized spacial score (nSPS) is 18.0. The second-order valence-corrected chi connectivity index (χ2v) is 6.06. The molecule has 1 aliphatic carbocycles. The summed E-state index contributed by atoms with van der Waals surface area (Å²) < 4.78 is 0. The predicted octanol–water partition coefficient (Wildman–Crippen LogP) is 3.19. The Bertz CT molecular complexity index is 492. The van der Waals surface area contributed by atoms with Crippen molar-refractivity contribution in [1.29, 1.82) is 0 Å². The maximum absolute atomic E-state index is 12.7. The molecule has 0 aliphatic heterocycles. The fraction of sp³-hybridized carbons (Fsp3) is 0.588. The van der Waals surface area contributed by atoms with E-state index >= 15 is 0 Å². The Balaban J connectivity index is 2.19. The van der Waals surface area contributed by atoms with Crippen molar-refractivity contribution in [3.05, 3.63) is 23.8 Å². The first-order valence-corrected chi connectivity index (χ1v) is 7.95. The number of phenols is 1. The lowest BCUT2D eigenvalue weighted by molar-refractivity contribution is -0.125. The summed E-state index contributed by atoms with van der Waals surface area (Å²) in [6.45, 7) is 2.41. The van der Waals surface area contributed by atoms with Gasteiger partial charge in [0.05, 0.1) is 11.1 Å². The second kappa shape index (κ2) is 6.94. The van der Waals surface area contributed by atoms with Crippen LogP contribution >= 0.6 is 0 Å². The van der Waals surface area contributed by atoms with Crippen LogP contribution in [0.2, 0.25) is 0 Å². The van der Waals surface area contributed by atoms with Gasteiger partial charge in [0.1, 0.15) is 5.75 Å². The number of phenolic OH excluding ortho intramolecular Hbond substituents is 1. The van der Waals surface area contributed by atoms with Crippen LogP contribution in [0.25, 0.3) is 0 Å². The van der Waals surface area contributed by atoms with E-state index in [2.05, 4.69) is 5.32 Å². The van der Waals surface area contributed by atoms with Crippen molar-refractivity contribution < 1.29 is 9.90 Å². The molecule has 0 radical (unpaired) electrons. The van der Waals surface area contributed by atoms with Gasteiger partial charge in [-0.3, -0.25) is 4.79 Å². The molecular formula is C17H26N2O2. The zero-order valence-electron chi connectivity index (χ0n) is 12.8. The number of hydrogen-bond donors (Lipinski definition) is 3. The van der Waals surface area contributed by atoms with Crippen molar-refractivity contribution in [1.82, 2.24) is 0 Å². The van der Waals surface area contributed by atoms with E-state index in [1.165, 1.54) is 12.8 Å². The van der Waals surface area contributed by atoms with Crippen LogP contribution in [0.4, 0.5) is 5.69 Å². The third kappa shape index (κ3) is 3.56. The summed E-state index contributed by atoms with van der Waals surface area (Å²) in [7, 11) is 0. The van der Waals surface area contributed by atoms with Crippen LogP contribution in [-0.4, -0.2) is 17.6 Å². The summed E-state index contributed by atoms with van der Waals surface area (Å²) in [5.41, 5.74) is 7.04. The largest absolute Gasteiger partial charge is 0.506 e. The molecule has 0 spiro atoms. The van der Waals surface area contributed by atoms with Crippen LogP contribution in [-0.2, 0) is 11.2 Å². The van der Waals surface area contributed by atoms with Gasteiger partial charge in [-0.2, -0.15) is 0 Å². The molecule has 0 bridgehead atoms. The van der Waals surface area contributed by atoms with Gasteiger partial charge < -0.3 is 16.2 Å². The molecule has 1 aromatic carbocycles. The number of anilines is 1. The average molecular weight is 290 g/mol. The molecule has 0 atom stereocenters. The van der Waals surface area contributed by atoms with E-state index in [9.17, 15) is 9.90 Å². The van der Waals surface area contributed by atoms with Gasteiger partial charge in [0, 0.05) is 6.54 Å². The molecule has 1 aromatic rings. The molecule has 21 heavy (non-hydrogen) atoms. The van der Waals surface area contributed by atoms with Crippen molar-refractivity contribution in [3.63, 3.8) is 0 Å². The number of aromatic hydroxyl groups is 1. The van der Waals surface area contributed by atoms with Gasteiger partial charge in [0.25, 0.3) is 0 Å². The van der Waals surface area contributed by atoms with Crippen LogP contribution in [0, 0.1) is 5.41 Å². The smallest absolute Gasteiger partial charge is 0.231 e. The molecule has 1 saturated carbocycles. The molecule has 4 heteroatoms. The van der Waals surface area contributed by atoms with Gasteiger partial charge in [-0.05, 0) is 37.0 Å². The number of nitrogens with one attached hydrogen (secondary N) is 1. The summed E-state index contributed by atoms with van der Waals surface area (Å²) in [4.78, 5) is 12.7. The van der Waals surface area contributed by atoms with Crippen LogP contribution in [0.1, 0.15) is 51.0 Å². The molecule has 2 rings (SSSR count). The standard InChI is InChI=1S/C17H26N2O2/c1-2-13-7-8-15(20)14(11-13)19-16(21)17(12-18)9-5-3-4-6-10-17/h7-8,11,20H,2-6,9-10,12,18H2,1H3,(H,19,21). The monoisotopic (exact) mass is 290 g/mol. The minimum Gasteiger partial charge on any atom is -0.506 e. The molecule has 4 N–H and O–H groups in total. The molecule has 1 fully saturated rings. The maximum atomic E-state index is 12.7. The number of nitrogens with two attached hydrogens (primary N) is 1. The Morgan fingerprint density at radius 3 is 2.52 bits per heavy atom. The van der Waals surface area contributed by atoms with Crippen LogP contribution in [0.15, 0.2) is 18.2 Å². The van der Waals surface area contributed by atoms with Gasteiger partial charge in [-0.15, -0.1) is 0 Å². The van der Waals surface area contributed by atoms with Gasteiger partial charge in [0.2, 0.25) is 5.91 Å². The molecule has 0 unspecified atom stereocenters. The summed E-state index contributed by atoms with van der Waals surface area (Å²) in [6.07, 6.45) is 6.98. The fourth-order valence-corrected chi connectivity index (χ4v) is 3.09. The van der Waals surface area contributed by atoms with E-state index < -0.39 is 5.41 Å².